The molecule has 5 heteroatoms. The van der Waals surface area contributed by atoms with Gasteiger partial charge >= 0.3 is 6.09 Å². The molecule has 0 aromatic heterocycles. The third-order valence-corrected chi connectivity index (χ3v) is 2.87. The van der Waals surface area contributed by atoms with E-state index in [1.165, 1.54) is 0 Å². The zero-order chi connectivity index (χ0) is 15.9. The van der Waals surface area contributed by atoms with Crippen LogP contribution in [0.1, 0.15) is 45.2 Å². The first-order valence-corrected chi connectivity index (χ1v) is 7.17. The van der Waals surface area contributed by atoms with Crippen molar-refractivity contribution in [3.8, 4) is 0 Å². The molecule has 0 aliphatic rings. The first-order chi connectivity index (χ1) is 9.83. The number of nitrogens with one attached hydrogen (secondary N) is 1. The zero-order valence-electron chi connectivity index (χ0n) is 12.9. The number of aliphatic hydroxyl groups is 2. The van der Waals surface area contributed by atoms with Gasteiger partial charge in [-0.25, -0.2) is 4.79 Å². The number of hydrogen-bond acceptors (Lipinski definition) is 4. The van der Waals surface area contributed by atoms with Crippen molar-refractivity contribution in [3.63, 3.8) is 0 Å². The van der Waals surface area contributed by atoms with Crippen LogP contribution in [0.5, 0.6) is 0 Å². The Balaban J connectivity index is 2.80. The number of carbonyl (C=O) groups excluding carboxylic acids is 1. The van der Waals surface area contributed by atoms with Crippen LogP contribution in [-0.4, -0.2) is 34.6 Å². The second-order valence-electron chi connectivity index (χ2n) is 5.97. The van der Waals surface area contributed by atoms with Gasteiger partial charge in [0.25, 0.3) is 0 Å². The number of benzene rings is 1. The highest BCUT2D eigenvalue weighted by Gasteiger charge is 2.25. The van der Waals surface area contributed by atoms with Crippen LogP contribution in [0.2, 0.25) is 0 Å². The third-order valence-electron chi connectivity index (χ3n) is 2.87. The standard InChI is InChI=1S/C16H25NO4/c1-16(2,3)21-15(20)17-14(13(19)10-7-11-18)12-8-5-4-6-9-12/h4-6,8-9,13-14,18-19H,7,10-11H2,1-3H3,(H,17,20). The van der Waals surface area contributed by atoms with Gasteiger partial charge in [0.15, 0.2) is 0 Å². The van der Waals surface area contributed by atoms with E-state index in [2.05, 4.69) is 5.32 Å². The van der Waals surface area contributed by atoms with Crippen molar-refractivity contribution in [1.82, 2.24) is 5.32 Å². The number of amides is 1. The molecule has 2 atom stereocenters. The van der Waals surface area contributed by atoms with Crippen LogP contribution in [-0.2, 0) is 4.74 Å². The van der Waals surface area contributed by atoms with Gasteiger partial charge in [-0.05, 0) is 39.2 Å². The molecule has 21 heavy (non-hydrogen) atoms. The molecule has 0 radical (unpaired) electrons. The van der Waals surface area contributed by atoms with E-state index in [9.17, 15) is 9.90 Å². The average molecular weight is 295 g/mol. The van der Waals surface area contributed by atoms with Crippen LogP contribution in [0.15, 0.2) is 30.3 Å². The Bertz CT molecular complexity index is 428. The second kappa shape index (κ2) is 8.00. The third kappa shape index (κ3) is 6.60. The molecule has 0 aliphatic carbocycles. The van der Waals surface area contributed by atoms with Gasteiger partial charge in [0.1, 0.15) is 5.60 Å². The number of rotatable bonds is 6. The van der Waals surface area contributed by atoms with Gasteiger partial charge in [-0.2, -0.15) is 0 Å². The van der Waals surface area contributed by atoms with E-state index in [1.807, 2.05) is 30.3 Å². The molecular weight excluding hydrogens is 270 g/mol. The number of aliphatic hydroxyl groups excluding tert-OH is 2. The Labute approximate surface area is 125 Å². The van der Waals surface area contributed by atoms with Gasteiger partial charge in [0.05, 0.1) is 12.1 Å². The predicted molar refractivity (Wildman–Crippen MR) is 80.9 cm³/mol. The first kappa shape index (κ1) is 17.5. The Morgan fingerprint density at radius 1 is 1.29 bits per heavy atom. The van der Waals surface area contributed by atoms with Crippen LogP contribution >= 0.6 is 0 Å². The molecule has 0 aliphatic heterocycles. The molecule has 1 amide bonds. The zero-order valence-corrected chi connectivity index (χ0v) is 12.9. The van der Waals surface area contributed by atoms with Gasteiger partial charge in [-0.3, -0.25) is 0 Å². The van der Waals surface area contributed by atoms with Gasteiger partial charge in [-0.1, -0.05) is 30.3 Å². The molecule has 0 saturated heterocycles. The molecule has 5 nitrogen and oxygen atoms in total. The molecule has 118 valence electrons. The van der Waals surface area contributed by atoms with Crippen LogP contribution < -0.4 is 5.32 Å². The van der Waals surface area contributed by atoms with Gasteiger partial charge in [0.2, 0.25) is 0 Å². The van der Waals surface area contributed by atoms with Crippen molar-refractivity contribution in [2.45, 2.75) is 51.4 Å². The predicted octanol–water partition coefficient (Wildman–Crippen LogP) is 2.39. The van der Waals surface area contributed by atoms with Crippen LogP contribution in [0, 0.1) is 0 Å². The van der Waals surface area contributed by atoms with Crippen molar-refractivity contribution >= 4 is 6.09 Å². The lowest BCUT2D eigenvalue weighted by atomic mass is 9.98. The average Bonchev–Trinajstić information content (AvgIpc) is 2.41. The highest BCUT2D eigenvalue weighted by atomic mass is 16.6. The van der Waals surface area contributed by atoms with Crippen molar-refractivity contribution in [2.24, 2.45) is 0 Å². The fraction of sp³-hybridized carbons (Fsp3) is 0.562. The summed E-state index contributed by atoms with van der Waals surface area (Å²) in [7, 11) is 0. The molecule has 3 N–H and O–H groups in total. The minimum Gasteiger partial charge on any atom is -0.444 e. The highest BCUT2D eigenvalue weighted by molar-refractivity contribution is 5.68. The first-order valence-electron chi connectivity index (χ1n) is 7.17. The molecule has 0 saturated carbocycles. The maximum absolute atomic E-state index is 11.9. The quantitative estimate of drug-likeness (QED) is 0.753. The molecule has 1 rings (SSSR count). The maximum atomic E-state index is 11.9. The van der Waals surface area contributed by atoms with Crippen molar-refractivity contribution in [3.05, 3.63) is 35.9 Å². The Kier molecular flexibility index (Phi) is 6.65. The topological polar surface area (TPSA) is 78.8 Å². The van der Waals surface area contributed by atoms with Crippen LogP contribution in [0.3, 0.4) is 0 Å². The summed E-state index contributed by atoms with van der Waals surface area (Å²) in [6.07, 6.45) is -0.488. The number of ether oxygens (including phenoxy) is 1. The lowest BCUT2D eigenvalue weighted by molar-refractivity contribution is 0.0404. The molecule has 0 spiro atoms. The fourth-order valence-corrected chi connectivity index (χ4v) is 1.96. The molecule has 0 fully saturated rings. The van der Waals surface area contributed by atoms with E-state index < -0.39 is 23.8 Å². The molecular formula is C16H25NO4. The largest absolute Gasteiger partial charge is 0.444 e. The van der Waals surface area contributed by atoms with E-state index >= 15 is 0 Å². The second-order valence-corrected chi connectivity index (χ2v) is 5.97. The van der Waals surface area contributed by atoms with Crippen molar-refractivity contribution in [1.29, 1.82) is 0 Å². The van der Waals surface area contributed by atoms with Crippen LogP contribution in [0.4, 0.5) is 4.79 Å². The van der Waals surface area contributed by atoms with E-state index in [-0.39, 0.29) is 6.61 Å². The molecule has 2 unspecified atom stereocenters. The summed E-state index contributed by atoms with van der Waals surface area (Å²) >= 11 is 0. The van der Waals surface area contributed by atoms with E-state index in [0.717, 1.165) is 5.56 Å². The fourth-order valence-electron chi connectivity index (χ4n) is 1.96. The van der Waals surface area contributed by atoms with Crippen molar-refractivity contribution in [2.75, 3.05) is 6.61 Å². The molecule has 1 aromatic carbocycles. The summed E-state index contributed by atoms with van der Waals surface area (Å²) in [5.41, 5.74) is 0.204. The van der Waals surface area contributed by atoms with Crippen molar-refractivity contribution < 1.29 is 19.7 Å². The summed E-state index contributed by atoms with van der Waals surface area (Å²) in [5.74, 6) is 0. The van der Waals surface area contributed by atoms with E-state index in [4.69, 9.17) is 9.84 Å². The summed E-state index contributed by atoms with van der Waals surface area (Å²) in [5, 5.41) is 21.8. The minimum absolute atomic E-state index is 0.00497. The number of alkyl carbamates (subject to hydrolysis) is 1. The molecule has 1 aromatic rings. The number of hydrogen-bond donors (Lipinski definition) is 3. The normalized spacial score (nSPS) is 14.3. The Morgan fingerprint density at radius 3 is 2.43 bits per heavy atom. The van der Waals surface area contributed by atoms with Gasteiger partial charge < -0.3 is 20.3 Å². The Morgan fingerprint density at radius 2 is 1.90 bits per heavy atom. The molecule has 0 heterocycles. The molecule has 0 bridgehead atoms. The lowest BCUT2D eigenvalue weighted by Gasteiger charge is -2.27. The summed E-state index contributed by atoms with van der Waals surface area (Å²) in [6, 6.07) is 8.67. The SMILES string of the molecule is CC(C)(C)OC(=O)NC(c1ccccc1)C(O)CCCO. The monoisotopic (exact) mass is 295 g/mol. The lowest BCUT2D eigenvalue weighted by Crippen LogP contribution is -2.39. The van der Waals surface area contributed by atoms with Gasteiger partial charge in [0, 0.05) is 6.61 Å². The van der Waals surface area contributed by atoms with E-state index in [1.54, 1.807) is 20.8 Å². The summed E-state index contributed by atoms with van der Waals surface area (Å²) < 4.78 is 5.23. The summed E-state index contributed by atoms with van der Waals surface area (Å²) in [4.78, 5) is 11.9. The van der Waals surface area contributed by atoms with E-state index in [0.29, 0.717) is 12.8 Å². The minimum atomic E-state index is -0.785. The number of carbonyl (C=O) groups is 1. The van der Waals surface area contributed by atoms with Gasteiger partial charge in [-0.15, -0.1) is 0 Å². The highest BCUT2D eigenvalue weighted by Crippen LogP contribution is 2.21. The van der Waals surface area contributed by atoms with Crippen LogP contribution in [0.25, 0.3) is 0 Å². The smallest absolute Gasteiger partial charge is 0.408 e. The summed E-state index contributed by atoms with van der Waals surface area (Å²) in [6.45, 7) is 5.36. The Hall–Kier alpha value is -1.59. The maximum Gasteiger partial charge on any atom is 0.408 e.